The molecule has 1 heterocycles. The summed E-state index contributed by atoms with van der Waals surface area (Å²) in [6, 6.07) is 24.8. The Morgan fingerprint density at radius 3 is 2.38 bits per heavy atom. The summed E-state index contributed by atoms with van der Waals surface area (Å²) >= 11 is 7.51. The fraction of sp³-hybridized carbons (Fsp3) is 0.0476. The van der Waals surface area contributed by atoms with Crippen molar-refractivity contribution in [1.82, 2.24) is 5.32 Å². The number of nitrogens with one attached hydrogen (secondary N) is 1. The minimum absolute atomic E-state index is 0.151. The van der Waals surface area contributed by atoms with Gasteiger partial charge in [0.25, 0.3) is 5.91 Å². The number of hydrogen-bond acceptors (Lipinski definition) is 3. The van der Waals surface area contributed by atoms with Crippen molar-refractivity contribution in [1.29, 1.82) is 0 Å². The summed E-state index contributed by atoms with van der Waals surface area (Å²) in [5, 5.41) is 3.43. The summed E-state index contributed by atoms with van der Waals surface area (Å²) in [5.41, 5.74) is 3.34. The minimum atomic E-state index is -0.268. The molecule has 0 radical (unpaired) electrons. The Hall–Kier alpha value is -2.56. The normalized spacial score (nSPS) is 15.7. The van der Waals surface area contributed by atoms with E-state index in [-0.39, 0.29) is 11.3 Å². The van der Waals surface area contributed by atoms with Crippen LogP contribution < -0.4 is 5.32 Å². The van der Waals surface area contributed by atoms with Crippen LogP contribution in [0.5, 0.6) is 0 Å². The first-order valence-electron chi connectivity index (χ1n) is 8.17. The summed E-state index contributed by atoms with van der Waals surface area (Å²) in [7, 11) is 0. The molecule has 0 bridgehead atoms. The Labute approximate surface area is 161 Å². The summed E-state index contributed by atoms with van der Waals surface area (Å²) in [6.45, 7) is 0. The van der Waals surface area contributed by atoms with Crippen molar-refractivity contribution in [3.63, 3.8) is 0 Å². The number of thioether (sulfide) groups is 1. The fourth-order valence-corrected chi connectivity index (χ4v) is 3.98. The Morgan fingerprint density at radius 1 is 0.923 bits per heavy atom. The number of aliphatic imine (C=N–C) groups is 1. The molecule has 1 unspecified atom stereocenters. The van der Waals surface area contributed by atoms with Crippen molar-refractivity contribution in [2.24, 2.45) is 4.99 Å². The van der Waals surface area contributed by atoms with Gasteiger partial charge in [0.2, 0.25) is 0 Å². The van der Waals surface area contributed by atoms with Gasteiger partial charge < -0.3 is 5.32 Å². The zero-order chi connectivity index (χ0) is 17.9. The number of benzene rings is 3. The number of rotatable bonds is 3. The number of nitrogens with zero attached hydrogens (tertiary/aromatic N) is 1. The average molecular weight is 379 g/mol. The Bertz CT molecular complexity index is 971. The van der Waals surface area contributed by atoms with E-state index in [0.29, 0.717) is 10.6 Å². The molecule has 3 aromatic rings. The van der Waals surface area contributed by atoms with Crippen LogP contribution in [0.1, 0.15) is 15.9 Å². The van der Waals surface area contributed by atoms with Gasteiger partial charge in [-0.1, -0.05) is 65.8 Å². The van der Waals surface area contributed by atoms with Gasteiger partial charge in [0.15, 0.2) is 0 Å². The molecule has 1 atom stereocenters. The first kappa shape index (κ1) is 16.9. The maximum atomic E-state index is 12.7. The molecule has 26 heavy (non-hydrogen) atoms. The van der Waals surface area contributed by atoms with Gasteiger partial charge in [-0.3, -0.25) is 4.79 Å². The molecule has 0 spiro atoms. The summed E-state index contributed by atoms with van der Waals surface area (Å²) < 4.78 is 0. The third-order valence-corrected chi connectivity index (χ3v) is 5.47. The number of fused-ring (bicyclic) bond motifs is 1. The predicted octanol–water partition coefficient (Wildman–Crippen LogP) is 5.32. The van der Waals surface area contributed by atoms with Crippen LogP contribution in [0.15, 0.2) is 88.8 Å². The predicted molar refractivity (Wildman–Crippen MR) is 108 cm³/mol. The van der Waals surface area contributed by atoms with Crippen molar-refractivity contribution >= 4 is 40.7 Å². The van der Waals surface area contributed by atoms with Gasteiger partial charge in [0, 0.05) is 15.5 Å². The lowest BCUT2D eigenvalue weighted by atomic mass is 10.1. The molecule has 0 aliphatic carbocycles. The third-order valence-electron chi connectivity index (χ3n) is 4.04. The summed E-state index contributed by atoms with van der Waals surface area (Å²) in [5.74, 6) is -0.151. The zero-order valence-electron chi connectivity index (χ0n) is 13.7. The van der Waals surface area contributed by atoms with Gasteiger partial charge >= 0.3 is 0 Å². The molecule has 0 saturated carbocycles. The smallest absolute Gasteiger partial charge is 0.252 e. The molecule has 0 aromatic heterocycles. The lowest BCUT2D eigenvalue weighted by Crippen LogP contribution is -2.39. The number of halogens is 1. The van der Waals surface area contributed by atoms with Crippen LogP contribution in [0.2, 0.25) is 5.02 Å². The molecule has 5 heteroatoms. The average Bonchev–Trinajstić information content (AvgIpc) is 2.68. The first-order valence-corrected chi connectivity index (χ1v) is 9.42. The van der Waals surface area contributed by atoms with Crippen LogP contribution in [0.4, 0.5) is 5.69 Å². The highest BCUT2D eigenvalue weighted by atomic mass is 35.5. The van der Waals surface area contributed by atoms with Crippen molar-refractivity contribution < 1.29 is 4.79 Å². The molecule has 0 fully saturated rings. The Balaban J connectivity index is 1.67. The SMILES string of the molecule is O=C(NC1Sc2ccccc2N=C1c1ccccc1)c1ccc(Cl)cc1. The Kier molecular flexibility index (Phi) is 4.78. The van der Waals surface area contributed by atoms with E-state index in [1.165, 1.54) is 0 Å². The van der Waals surface area contributed by atoms with Crippen molar-refractivity contribution in [3.05, 3.63) is 95.0 Å². The lowest BCUT2D eigenvalue weighted by molar-refractivity contribution is 0.0956. The lowest BCUT2D eigenvalue weighted by Gasteiger charge is -2.25. The minimum Gasteiger partial charge on any atom is -0.334 e. The molecule has 3 aromatic carbocycles. The topological polar surface area (TPSA) is 41.5 Å². The fourth-order valence-electron chi connectivity index (χ4n) is 2.75. The largest absolute Gasteiger partial charge is 0.334 e. The first-order chi connectivity index (χ1) is 12.7. The van der Waals surface area contributed by atoms with E-state index >= 15 is 0 Å². The van der Waals surface area contributed by atoms with Crippen LogP contribution in [0.25, 0.3) is 0 Å². The van der Waals surface area contributed by atoms with Gasteiger partial charge in [0.1, 0.15) is 5.37 Å². The van der Waals surface area contributed by atoms with Crippen LogP contribution in [0, 0.1) is 0 Å². The van der Waals surface area contributed by atoms with Crippen LogP contribution in [0.3, 0.4) is 0 Å². The zero-order valence-corrected chi connectivity index (χ0v) is 15.3. The second-order valence-corrected chi connectivity index (χ2v) is 7.39. The van der Waals surface area contributed by atoms with Gasteiger partial charge in [-0.2, -0.15) is 0 Å². The van der Waals surface area contributed by atoms with Crippen molar-refractivity contribution in [2.75, 3.05) is 0 Å². The van der Waals surface area contributed by atoms with E-state index < -0.39 is 0 Å². The number of carbonyl (C=O) groups is 1. The van der Waals surface area contributed by atoms with E-state index in [1.807, 2.05) is 54.6 Å². The standard InChI is InChI=1S/C21H15ClN2OS/c22-16-12-10-15(11-13-16)20(25)24-21-19(14-6-2-1-3-7-14)23-17-8-4-5-9-18(17)26-21/h1-13,21H,(H,24,25). The second-order valence-electron chi connectivity index (χ2n) is 5.81. The number of hydrogen-bond donors (Lipinski definition) is 1. The number of amides is 1. The number of para-hydroxylation sites is 1. The van der Waals surface area contributed by atoms with E-state index in [2.05, 4.69) is 5.32 Å². The quantitative estimate of drug-likeness (QED) is 0.669. The molecular weight excluding hydrogens is 364 g/mol. The highest BCUT2D eigenvalue weighted by molar-refractivity contribution is 8.00. The van der Waals surface area contributed by atoms with E-state index in [9.17, 15) is 4.79 Å². The maximum Gasteiger partial charge on any atom is 0.252 e. The molecule has 1 aliphatic rings. The molecule has 3 nitrogen and oxygen atoms in total. The summed E-state index contributed by atoms with van der Waals surface area (Å²) in [4.78, 5) is 18.6. The van der Waals surface area contributed by atoms with E-state index in [1.54, 1.807) is 36.0 Å². The molecule has 1 amide bonds. The molecule has 0 saturated heterocycles. The molecule has 1 N–H and O–H groups in total. The van der Waals surface area contributed by atoms with Gasteiger partial charge in [-0.25, -0.2) is 4.99 Å². The van der Waals surface area contributed by atoms with Gasteiger partial charge in [-0.05, 0) is 42.0 Å². The van der Waals surface area contributed by atoms with Crippen molar-refractivity contribution in [2.45, 2.75) is 10.3 Å². The van der Waals surface area contributed by atoms with Gasteiger partial charge in [0.05, 0.1) is 11.4 Å². The van der Waals surface area contributed by atoms with Crippen LogP contribution in [-0.4, -0.2) is 17.0 Å². The molecule has 4 rings (SSSR count). The highest BCUT2D eigenvalue weighted by Crippen LogP contribution is 2.38. The van der Waals surface area contributed by atoms with Crippen molar-refractivity contribution in [3.8, 4) is 0 Å². The molecular formula is C21H15ClN2OS. The van der Waals surface area contributed by atoms with E-state index in [0.717, 1.165) is 21.9 Å². The Morgan fingerprint density at radius 2 is 1.62 bits per heavy atom. The summed E-state index contributed by atoms with van der Waals surface area (Å²) in [6.07, 6.45) is 0. The number of carbonyl (C=O) groups excluding carboxylic acids is 1. The third kappa shape index (κ3) is 3.52. The molecule has 1 aliphatic heterocycles. The maximum absolute atomic E-state index is 12.7. The van der Waals surface area contributed by atoms with Gasteiger partial charge in [-0.15, -0.1) is 0 Å². The second kappa shape index (κ2) is 7.36. The molecule has 128 valence electrons. The van der Waals surface area contributed by atoms with E-state index in [4.69, 9.17) is 16.6 Å². The highest BCUT2D eigenvalue weighted by Gasteiger charge is 2.26. The van der Waals surface area contributed by atoms with Crippen LogP contribution >= 0.6 is 23.4 Å². The van der Waals surface area contributed by atoms with Crippen LogP contribution in [-0.2, 0) is 0 Å². The monoisotopic (exact) mass is 378 g/mol.